The molecule has 2 unspecified atom stereocenters. The molecule has 0 aromatic heterocycles. The van der Waals surface area contributed by atoms with E-state index in [1.54, 1.807) is 16.8 Å². The molecule has 7 rings (SSSR count). The first-order valence-electron chi connectivity index (χ1n) is 20.2. The van der Waals surface area contributed by atoms with Crippen LogP contribution in [0.25, 0.3) is 10.9 Å². The molecule has 0 N–H and O–H groups in total. The molecule has 2 bridgehead atoms. The second-order valence-corrected chi connectivity index (χ2v) is 31.3. The molecule has 1 aromatic rings. The van der Waals surface area contributed by atoms with E-state index in [-0.39, 0.29) is 21.9 Å². The van der Waals surface area contributed by atoms with E-state index in [1.807, 2.05) is 12.2 Å². The molecule has 6 aliphatic rings. The summed E-state index contributed by atoms with van der Waals surface area (Å²) in [6, 6.07) is 9.80. The quantitative estimate of drug-likeness (QED) is 0.0989. The van der Waals surface area contributed by atoms with E-state index in [4.69, 9.17) is 11.3 Å². The molecule has 0 amide bonds. The monoisotopic (exact) mass is 719 g/mol. The van der Waals surface area contributed by atoms with Crippen molar-refractivity contribution in [2.75, 3.05) is 18.0 Å². The highest BCUT2D eigenvalue weighted by Crippen LogP contribution is 2.62. The molecule has 3 heterocycles. The highest BCUT2D eigenvalue weighted by molar-refractivity contribution is 6.76. The molecule has 0 spiro atoms. The number of allylic oxidation sites excluding steroid dienone is 6. The van der Waals surface area contributed by atoms with Crippen LogP contribution in [0.5, 0.6) is 0 Å². The van der Waals surface area contributed by atoms with Gasteiger partial charge in [0.15, 0.2) is 0 Å². The molecule has 51 heavy (non-hydrogen) atoms. The third-order valence-electron chi connectivity index (χ3n) is 13.4. The summed E-state index contributed by atoms with van der Waals surface area (Å²) in [6.45, 7) is 32.7. The largest absolute Gasteiger partial charge is 0.461 e. The Labute approximate surface area is 313 Å². The Morgan fingerprint density at radius 3 is 1.92 bits per heavy atom. The predicted molar refractivity (Wildman–Crippen MR) is 221 cm³/mol. The van der Waals surface area contributed by atoms with Gasteiger partial charge in [0, 0.05) is 40.3 Å². The van der Waals surface area contributed by atoms with E-state index in [2.05, 4.69) is 100 Å². The lowest BCUT2D eigenvalue weighted by atomic mass is 9.52. The Balaban J connectivity index is 1.37. The van der Waals surface area contributed by atoms with Gasteiger partial charge in [-0.15, -0.1) is 0 Å². The number of ether oxygens (including phenoxy) is 1. The van der Waals surface area contributed by atoms with Gasteiger partial charge in [0.1, 0.15) is 11.5 Å². The minimum absolute atomic E-state index is 0.00443. The molecule has 2 atom stereocenters. The topological polar surface area (TPSA) is 40.6 Å². The first-order chi connectivity index (χ1) is 23.9. The first-order valence-corrected chi connectivity index (χ1v) is 27.6. The van der Waals surface area contributed by atoms with Crippen LogP contribution in [0.1, 0.15) is 115 Å². The standard InChI is InChI=1S/C45H65N3OSi2/c1-11-12-13-16-44-17-20-45(21-18-44,22-19-44)40-30-35(39(31-46)47-4)29-36(49-40)15-14-34-27-37-41-38(28-34)43(3,33-51(8,9)10)24-26-48(41)25-23-42(37,2)32-50(5,6)7/h14-15,27-30H,11-13,16-26,32-33H2,1-3,5-10H3. The highest BCUT2D eigenvalue weighted by atomic mass is 28.3. The van der Waals surface area contributed by atoms with Gasteiger partial charge >= 0.3 is 0 Å². The molecule has 3 fully saturated rings. The first kappa shape index (κ1) is 37.9. The Morgan fingerprint density at radius 2 is 1.43 bits per heavy atom. The maximum atomic E-state index is 9.95. The van der Waals surface area contributed by atoms with Crippen molar-refractivity contribution >= 4 is 27.9 Å². The number of nitriles is 1. The minimum Gasteiger partial charge on any atom is -0.461 e. The summed E-state index contributed by atoms with van der Waals surface area (Å²) in [5.41, 5.74) is 7.61. The van der Waals surface area contributed by atoms with Gasteiger partial charge in [-0.3, -0.25) is 0 Å². The molecule has 3 aliphatic heterocycles. The zero-order valence-corrected chi connectivity index (χ0v) is 35.5. The average molecular weight is 720 g/mol. The summed E-state index contributed by atoms with van der Waals surface area (Å²) >= 11 is 0. The van der Waals surface area contributed by atoms with Crippen LogP contribution in [0.2, 0.25) is 51.4 Å². The van der Waals surface area contributed by atoms with Gasteiger partial charge in [0.2, 0.25) is 0 Å². The number of nitrogens with zero attached hydrogens (tertiary/aromatic N) is 3. The zero-order valence-electron chi connectivity index (χ0n) is 33.5. The third-order valence-corrected chi connectivity index (χ3v) is 17.1. The number of anilines is 1. The lowest BCUT2D eigenvalue weighted by Gasteiger charge is -2.54. The van der Waals surface area contributed by atoms with Crippen molar-refractivity contribution in [3.63, 3.8) is 0 Å². The zero-order chi connectivity index (χ0) is 36.9. The van der Waals surface area contributed by atoms with E-state index >= 15 is 0 Å². The van der Waals surface area contributed by atoms with Gasteiger partial charge < -0.3 is 9.64 Å². The summed E-state index contributed by atoms with van der Waals surface area (Å²) in [4.78, 5) is 6.37. The van der Waals surface area contributed by atoms with Crippen molar-refractivity contribution < 1.29 is 4.74 Å². The number of fused-ring (bicyclic) bond motifs is 3. The lowest BCUT2D eigenvalue weighted by molar-refractivity contribution is -0.0195. The van der Waals surface area contributed by atoms with Crippen LogP contribution in [-0.4, -0.2) is 29.2 Å². The predicted octanol–water partition coefficient (Wildman–Crippen LogP) is 12.9. The summed E-state index contributed by atoms with van der Waals surface area (Å²) < 4.78 is 6.87. The lowest BCUT2D eigenvalue weighted by Crippen LogP contribution is -2.49. The summed E-state index contributed by atoms with van der Waals surface area (Å²) in [5, 5.41) is 9.95. The van der Waals surface area contributed by atoms with Crippen molar-refractivity contribution in [3.05, 3.63) is 81.3 Å². The van der Waals surface area contributed by atoms with E-state index in [0.717, 1.165) is 43.9 Å². The van der Waals surface area contributed by atoms with Crippen LogP contribution >= 0.6 is 0 Å². The number of rotatable bonds is 11. The highest BCUT2D eigenvalue weighted by Gasteiger charge is 2.51. The van der Waals surface area contributed by atoms with E-state index in [1.165, 1.54) is 75.4 Å². The van der Waals surface area contributed by atoms with E-state index in [0.29, 0.717) is 11.0 Å². The van der Waals surface area contributed by atoms with Crippen molar-refractivity contribution in [1.29, 1.82) is 5.26 Å². The van der Waals surface area contributed by atoms with Crippen LogP contribution in [0.15, 0.2) is 53.1 Å². The minimum atomic E-state index is -1.35. The van der Waals surface area contributed by atoms with Crippen molar-refractivity contribution in [2.45, 2.75) is 160 Å². The van der Waals surface area contributed by atoms with Gasteiger partial charge in [-0.1, -0.05) is 85.4 Å². The second kappa shape index (κ2) is 13.9. The molecule has 6 heteroatoms. The van der Waals surface area contributed by atoms with Crippen LogP contribution in [-0.2, 0) is 15.6 Å². The molecule has 3 aliphatic carbocycles. The Kier molecular flexibility index (Phi) is 10.3. The van der Waals surface area contributed by atoms with Crippen LogP contribution < -0.4 is 4.90 Å². The Morgan fingerprint density at radius 1 is 0.863 bits per heavy atom. The molecular formula is C45H65N3OSi2. The molecular weight excluding hydrogens is 655 g/mol. The number of unbranched alkanes of at least 4 members (excludes halogenated alkanes) is 2. The van der Waals surface area contributed by atoms with Gasteiger partial charge in [0.05, 0.1) is 12.6 Å². The van der Waals surface area contributed by atoms with Crippen LogP contribution in [0, 0.1) is 28.7 Å². The Bertz CT molecular complexity index is 1640. The van der Waals surface area contributed by atoms with Gasteiger partial charge in [-0.25, -0.2) is 10.1 Å². The van der Waals surface area contributed by atoms with E-state index in [9.17, 15) is 5.26 Å². The van der Waals surface area contributed by atoms with Crippen LogP contribution in [0.3, 0.4) is 0 Å². The maximum Gasteiger partial charge on any atom is 0.269 e. The molecule has 274 valence electrons. The number of hydrogen-bond donors (Lipinski definition) is 0. The molecule has 0 radical (unpaired) electrons. The third kappa shape index (κ3) is 7.80. The summed E-state index contributed by atoms with van der Waals surface area (Å²) in [6.07, 6.45) is 23.4. The van der Waals surface area contributed by atoms with Crippen molar-refractivity contribution in [1.82, 2.24) is 0 Å². The smallest absolute Gasteiger partial charge is 0.269 e. The summed E-state index contributed by atoms with van der Waals surface area (Å²) in [5.74, 6) is 1.74. The molecule has 3 saturated carbocycles. The van der Waals surface area contributed by atoms with Crippen molar-refractivity contribution in [3.8, 4) is 6.07 Å². The molecule has 1 aromatic carbocycles. The maximum absolute atomic E-state index is 9.95. The fraction of sp³-hybridized carbons (Fsp3) is 0.644. The van der Waals surface area contributed by atoms with Gasteiger partial charge in [-0.2, -0.15) is 0 Å². The SMILES string of the molecule is [C-]#[N+]C(C#N)=C1C=C(C=Cc2cc3c4c(c2)C(C)(C[Si](C)(C)C)CCN4CCC3(C)C[Si](C)(C)C)OC(C23CCC(CCCCC)(CC2)CC3)=C1. The van der Waals surface area contributed by atoms with Crippen molar-refractivity contribution in [2.24, 2.45) is 10.8 Å². The van der Waals surface area contributed by atoms with E-state index < -0.39 is 16.1 Å². The Hall–Kier alpha value is -2.81. The second-order valence-electron chi connectivity index (χ2n) is 20.3. The molecule has 0 saturated heterocycles. The fourth-order valence-corrected chi connectivity index (χ4v) is 16.6. The summed E-state index contributed by atoms with van der Waals surface area (Å²) in [7, 11) is -2.69. The van der Waals surface area contributed by atoms with Crippen LogP contribution in [0.4, 0.5) is 5.69 Å². The van der Waals surface area contributed by atoms with Gasteiger partial charge in [-0.05, 0) is 139 Å². The average Bonchev–Trinajstić information content (AvgIpc) is 3.06. The number of hydrogen-bond acceptors (Lipinski definition) is 3. The fourth-order valence-electron chi connectivity index (χ4n) is 11.2. The van der Waals surface area contributed by atoms with Gasteiger partial charge in [0.25, 0.3) is 5.70 Å². The number of benzene rings is 1. The normalized spacial score (nSPS) is 31.3. The molecule has 4 nitrogen and oxygen atoms in total.